The number of Topliss-reactive ketones (excluding diaryl/α,β-unsaturated/α-hetero) is 1. The molecule has 3 aromatic carbocycles. The smallest absolute Gasteiger partial charge is 0.295 e. The van der Waals surface area contributed by atoms with Crippen LogP contribution in [0.4, 0.5) is 5.69 Å². The molecule has 0 saturated carbocycles. The van der Waals surface area contributed by atoms with Gasteiger partial charge in [0.2, 0.25) is 0 Å². The van der Waals surface area contributed by atoms with Crippen molar-refractivity contribution in [3.63, 3.8) is 0 Å². The van der Waals surface area contributed by atoms with Crippen molar-refractivity contribution in [2.75, 3.05) is 7.11 Å². The molecule has 37 heavy (non-hydrogen) atoms. The van der Waals surface area contributed by atoms with Crippen molar-refractivity contribution in [3.8, 4) is 11.5 Å². The molecule has 0 radical (unpaired) electrons. The third-order valence-corrected chi connectivity index (χ3v) is 5.90. The molecular formula is C28H26N2O7. The highest BCUT2D eigenvalue weighted by Gasteiger charge is 2.46. The Morgan fingerprint density at radius 2 is 1.73 bits per heavy atom. The first-order valence-electron chi connectivity index (χ1n) is 11.6. The Labute approximate surface area is 213 Å². The molecule has 0 aromatic heterocycles. The van der Waals surface area contributed by atoms with Gasteiger partial charge in [0.25, 0.3) is 17.4 Å². The van der Waals surface area contributed by atoms with E-state index in [1.165, 1.54) is 36.3 Å². The van der Waals surface area contributed by atoms with Crippen molar-refractivity contribution in [1.82, 2.24) is 4.90 Å². The van der Waals surface area contributed by atoms with E-state index in [0.717, 1.165) is 5.56 Å². The quantitative estimate of drug-likeness (QED) is 0.151. The van der Waals surface area contributed by atoms with E-state index in [4.69, 9.17) is 9.47 Å². The molecular weight excluding hydrogens is 476 g/mol. The molecule has 0 bridgehead atoms. The molecule has 4 rings (SSSR count). The summed E-state index contributed by atoms with van der Waals surface area (Å²) in [6.45, 7) is 3.82. The predicted molar refractivity (Wildman–Crippen MR) is 136 cm³/mol. The number of hydrogen-bond acceptors (Lipinski definition) is 7. The van der Waals surface area contributed by atoms with Crippen molar-refractivity contribution >= 4 is 23.1 Å². The molecule has 1 saturated heterocycles. The van der Waals surface area contributed by atoms with Crippen LogP contribution in [0.15, 0.2) is 78.4 Å². The van der Waals surface area contributed by atoms with Gasteiger partial charge < -0.3 is 19.5 Å². The zero-order chi connectivity index (χ0) is 26.7. The van der Waals surface area contributed by atoms with Crippen molar-refractivity contribution in [1.29, 1.82) is 0 Å². The van der Waals surface area contributed by atoms with Gasteiger partial charge in [-0.15, -0.1) is 0 Å². The average Bonchev–Trinajstić information content (AvgIpc) is 3.13. The predicted octanol–water partition coefficient (Wildman–Crippen LogP) is 5.01. The standard InChI is InChI=1S/C28H26N2O7/c1-17(2)37-23-12-6-8-19(15-23)25-24(26(31)20-9-5-10-21(14-20)30(34)35)27(32)28(33)29(25)16-18-7-4-11-22(13-18)36-3/h4-15,17,25,31H,16H2,1-3H3/b26-24-. The third kappa shape index (κ3) is 5.30. The fourth-order valence-corrected chi connectivity index (χ4v) is 4.31. The van der Waals surface area contributed by atoms with E-state index in [9.17, 15) is 24.8 Å². The Bertz CT molecular complexity index is 1400. The van der Waals surface area contributed by atoms with Crippen molar-refractivity contribution in [3.05, 3.63) is 105 Å². The number of methoxy groups -OCH3 is 1. The lowest BCUT2D eigenvalue weighted by Gasteiger charge is -2.26. The van der Waals surface area contributed by atoms with Gasteiger partial charge in [0, 0.05) is 24.2 Å². The van der Waals surface area contributed by atoms with E-state index in [1.807, 2.05) is 13.8 Å². The number of nitrogens with zero attached hydrogens (tertiary/aromatic N) is 2. The molecule has 9 nitrogen and oxygen atoms in total. The first-order chi connectivity index (χ1) is 17.7. The Hall–Kier alpha value is -4.66. The number of ketones is 1. The largest absolute Gasteiger partial charge is 0.507 e. The molecule has 1 aliphatic heterocycles. The van der Waals surface area contributed by atoms with Crippen LogP contribution in [-0.2, 0) is 16.1 Å². The van der Waals surface area contributed by atoms with Crippen LogP contribution >= 0.6 is 0 Å². The van der Waals surface area contributed by atoms with Crippen LogP contribution in [0, 0.1) is 10.1 Å². The number of rotatable bonds is 8. The minimum Gasteiger partial charge on any atom is -0.507 e. The normalized spacial score (nSPS) is 16.8. The van der Waals surface area contributed by atoms with Gasteiger partial charge in [0.15, 0.2) is 0 Å². The lowest BCUT2D eigenvalue weighted by molar-refractivity contribution is -0.384. The van der Waals surface area contributed by atoms with Crippen LogP contribution in [0.3, 0.4) is 0 Å². The van der Waals surface area contributed by atoms with Gasteiger partial charge in [-0.05, 0) is 49.2 Å². The number of likely N-dealkylation sites (tertiary alicyclic amines) is 1. The summed E-state index contributed by atoms with van der Waals surface area (Å²) < 4.78 is 11.1. The number of carbonyl (C=O) groups excluding carboxylic acids is 2. The molecule has 1 aliphatic rings. The summed E-state index contributed by atoms with van der Waals surface area (Å²) in [5.41, 5.74) is 0.921. The number of amides is 1. The number of nitro groups is 1. The fraction of sp³-hybridized carbons (Fsp3) is 0.214. The van der Waals surface area contributed by atoms with Gasteiger partial charge in [0.1, 0.15) is 17.3 Å². The topological polar surface area (TPSA) is 119 Å². The first kappa shape index (κ1) is 25.4. The van der Waals surface area contributed by atoms with Crippen molar-refractivity contribution in [2.24, 2.45) is 0 Å². The van der Waals surface area contributed by atoms with E-state index in [2.05, 4.69) is 0 Å². The monoisotopic (exact) mass is 502 g/mol. The zero-order valence-electron chi connectivity index (χ0n) is 20.6. The maximum Gasteiger partial charge on any atom is 0.295 e. The lowest BCUT2D eigenvalue weighted by atomic mass is 9.95. The second-order valence-electron chi connectivity index (χ2n) is 8.83. The number of aliphatic hydroxyl groups is 1. The first-order valence-corrected chi connectivity index (χ1v) is 11.6. The summed E-state index contributed by atoms with van der Waals surface area (Å²) in [4.78, 5) is 38.7. The van der Waals surface area contributed by atoms with Crippen molar-refractivity contribution in [2.45, 2.75) is 32.5 Å². The summed E-state index contributed by atoms with van der Waals surface area (Å²) in [5.74, 6) is -1.04. The number of hydrogen-bond donors (Lipinski definition) is 1. The fourth-order valence-electron chi connectivity index (χ4n) is 4.31. The highest BCUT2D eigenvalue weighted by molar-refractivity contribution is 6.46. The van der Waals surface area contributed by atoms with Crippen LogP contribution in [-0.4, -0.2) is 39.8 Å². The number of non-ortho nitro benzene ring substituents is 1. The molecule has 3 aromatic rings. The maximum absolute atomic E-state index is 13.3. The number of ether oxygens (including phenoxy) is 2. The molecule has 1 unspecified atom stereocenters. The second kappa shape index (κ2) is 10.5. The lowest BCUT2D eigenvalue weighted by Crippen LogP contribution is -2.29. The summed E-state index contributed by atoms with van der Waals surface area (Å²) in [6, 6.07) is 18.4. The van der Waals surface area contributed by atoms with E-state index in [0.29, 0.717) is 17.1 Å². The Kier molecular flexibility index (Phi) is 7.24. The van der Waals surface area contributed by atoms with Crippen LogP contribution < -0.4 is 9.47 Å². The molecule has 0 spiro atoms. The molecule has 0 aliphatic carbocycles. The summed E-state index contributed by atoms with van der Waals surface area (Å²) >= 11 is 0. The van der Waals surface area contributed by atoms with Gasteiger partial charge in [-0.3, -0.25) is 19.7 Å². The summed E-state index contributed by atoms with van der Waals surface area (Å²) in [5, 5.41) is 22.5. The van der Waals surface area contributed by atoms with Crippen LogP contribution in [0.1, 0.15) is 36.6 Å². The molecule has 1 N–H and O–H groups in total. The zero-order valence-corrected chi connectivity index (χ0v) is 20.6. The Balaban J connectivity index is 1.87. The van der Waals surface area contributed by atoms with E-state index < -0.39 is 28.4 Å². The molecule has 9 heteroatoms. The number of carbonyl (C=O) groups is 2. The minimum absolute atomic E-state index is 0.0629. The maximum atomic E-state index is 13.3. The third-order valence-electron chi connectivity index (χ3n) is 5.90. The second-order valence-corrected chi connectivity index (χ2v) is 8.83. The molecule has 1 amide bonds. The van der Waals surface area contributed by atoms with E-state index >= 15 is 0 Å². The highest BCUT2D eigenvalue weighted by atomic mass is 16.6. The van der Waals surface area contributed by atoms with Gasteiger partial charge in [-0.2, -0.15) is 0 Å². The van der Waals surface area contributed by atoms with E-state index in [-0.39, 0.29) is 29.5 Å². The Morgan fingerprint density at radius 3 is 2.43 bits per heavy atom. The Morgan fingerprint density at radius 1 is 1.03 bits per heavy atom. The molecule has 1 heterocycles. The van der Waals surface area contributed by atoms with Crippen LogP contribution in [0.5, 0.6) is 11.5 Å². The number of aliphatic hydroxyl groups excluding tert-OH is 1. The van der Waals surface area contributed by atoms with Crippen molar-refractivity contribution < 1.29 is 29.1 Å². The number of nitro benzene ring substituents is 1. The van der Waals surface area contributed by atoms with E-state index in [1.54, 1.807) is 48.5 Å². The average molecular weight is 503 g/mol. The highest BCUT2D eigenvalue weighted by Crippen LogP contribution is 2.41. The minimum atomic E-state index is -0.957. The SMILES string of the molecule is COc1cccc(CN2C(=O)C(=O)/C(=C(\O)c3cccc([N+](=O)[O-])c3)C2c2cccc(OC(C)C)c2)c1. The molecule has 1 fully saturated rings. The van der Waals surface area contributed by atoms with Gasteiger partial charge >= 0.3 is 0 Å². The van der Waals surface area contributed by atoms with Crippen LogP contribution in [0.2, 0.25) is 0 Å². The van der Waals surface area contributed by atoms with Gasteiger partial charge in [-0.1, -0.05) is 36.4 Å². The molecule has 190 valence electrons. The molecule has 1 atom stereocenters. The van der Waals surface area contributed by atoms with Gasteiger partial charge in [0.05, 0.1) is 29.8 Å². The summed E-state index contributed by atoms with van der Waals surface area (Å²) in [6.07, 6.45) is -0.108. The van der Waals surface area contributed by atoms with Gasteiger partial charge in [-0.25, -0.2) is 0 Å². The summed E-state index contributed by atoms with van der Waals surface area (Å²) in [7, 11) is 1.53. The number of benzene rings is 3. The van der Waals surface area contributed by atoms with Crippen LogP contribution in [0.25, 0.3) is 5.76 Å².